The van der Waals surface area contributed by atoms with E-state index in [1.165, 1.54) is 0 Å². The lowest BCUT2D eigenvalue weighted by Gasteiger charge is -2.39. The fraction of sp³-hybridized carbons (Fsp3) is 0.400. The van der Waals surface area contributed by atoms with Gasteiger partial charge in [0.15, 0.2) is 11.5 Å². The smallest absolute Gasteiger partial charge is 0.161 e. The second-order valence-electron chi connectivity index (χ2n) is 8.27. The van der Waals surface area contributed by atoms with E-state index in [1.54, 1.807) is 19.6 Å². The molecule has 1 N–H and O–H groups in total. The third-order valence-corrected chi connectivity index (χ3v) is 5.69. The molecule has 1 aliphatic rings. The zero-order valence-electron chi connectivity index (χ0n) is 18.5. The number of piperidine rings is 1. The third-order valence-electron chi connectivity index (χ3n) is 5.69. The topological polar surface area (TPSA) is 69.0 Å². The summed E-state index contributed by atoms with van der Waals surface area (Å²) in [7, 11) is 1.66. The van der Waals surface area contributed by atoms with E-state index in [4.69, 9.17) is 14.2 Å². The van der Waals surface area contributed by atoms with Crippen molar-refractivity contribution in [2.45, 2.75) is 31.5 Å². The number of benzene rings is 2. The number of aromatic nitrogens is 2. The Labute approximate surface area is 189 Å². The second kappa shape index (κ2) is 10.5. The van der Waals surface area contributed by atoms with Gasteiger partial charge in [0.1, 0.15) is 24.6 Å². The normalized spacial score (nSPS) is 18.9. The van der Waals surface area contributed by atoms with Gasteiger partial charge in [-0.3, -0.25) is 4.90 Å². The molecule has 32 heavy (non-hydrogen) atoms. The van der Waals surface area contributed by atoms with Crippen molar-refractivity contribution < 1.29 is 19.3 Å². The summed E-state index contributed by atoms with van der Waals surface area (Å²) in [6.45, 7) is 3.80. The molecule has 3 aromatic rings. The molecule has 0 radical (unpaired) electrons. The lowest BCUT2D eigenvalue weighted by molar-refractivity contribution is -0.0621. The predicted molar refractivity (Wildman–Crippen MR) is 122 cm³/mol. The van der Waals surface area contributed by atoms with Crippen molar-refractivity contribution >= 4 is 0 Å². The number of ether oxygens (including phenoxy) is 3. The van der Waals surface area contributed by atoms with E-state index in [2.05, 4.69) is 16.0 Å². The molecule has 2 aromatic carbocycles. The van der Waals surface area contributed by atoms with E-state index in [-0.39, 0.29) is 0 Å². The van der Waals surface area contributed by atoms with Gasteiger partial charge in [-0.05, 0) is 49.2 Å². The number of β-amino-alcohol motifs (C(OH)–C–C–N with tert-alkyl or cyclic N) is 1. The van der Waals surface area contributed by atoms with E-state index in [1.807, 2.05) is 53.2 Å². The summed E-state index contributed by atoms with van der Waals surface area (Å²) in [5.74, 6) is 2.22. The van der Waals surface area contributed by atoms with E-state index in [0.29, 0.717) is 25.5 Å². The molecule has 0 spiro atoms. The van der Waals surface area contributed by atoms with Crippen molar-refractivity contribution in [3.05, 3.63) is 72.8 Å². The average molecular weight is 438 g/mol. The average Bonchev–Trinajstić information content (AvgIpc) is 3.33. The molecule has 1 fully saturated rings. The minimum Gasteiger partial charge on any atom is -0.493 e. The Balaban J connectivity index is 1.32. The number of rotatable bonds is 10. The van der Waals surface area contributed by atoms with E-state index < -0.39 is 5.60 Å². The predicted octanol–water partition coefficient (Wildman–Crippen LogP) is 3.38. The Morgan fingerprint density at radius 1 is 1.09 bits per heavy atom. The highest BCUT2D eigenvalue weighted by Gasteiger charge is 2.34. The molecule has 7 heteroatoms. The van der Waals surface area contributed by atoms with Crippen LogP contribution in [0.3, 0.4) is 0 Å². The largest absolute Gasteiger partial charge is 0.493 e. The summed E-state index contributed by atoms with van der Waals surface area (Å²) in [6.07, 6.45) is 7.11. The first-order valence-corrected chi connectivity index (χ1v) is 11.0. The summed E-state index contributed by atoms with van der Waals surface area (Å²) in [5, 5.41) is 11.1. The number of nitrogens with zero attached hydrogens (tertiary/aromatic N) is 3. The van der Waals surface area contributed by atoms with Crippen molar-refractivity contribution in [1.29, 1.82) is 0 Å². The summed E-state index contributed by atoms with van der Waals surface area (Å²) < 4.78 is 19.3. The number of hydrogen-bond donors (Lipinski definition) is 1. The minimum absolute atomic E-state index is 0.292. The van der Waals surface area contributed by atoms with Gasteiger partial charge in [0.25, 0.3) is 0 Å². The van der Waals surface area contributed by atoms with Crippen molar-refractivity contribution in [2.24, 2.45) is 0 Å². The highest BCUT2D eigenvalue weighted by Crippen LogP contribution is 2.30. The van der Waals surface area contributed by atoms with Crippen LogP contribution in [0.5, 0.6) is 17.2 Å². The lowest BCUT2D eigenvalue weighted by Crippen LogP contribution is -2.51. The monoisotopic (exact) mass is 437 g/mol. The van der Waals surface area contributed by atoms with Gasteiger partial charge in [-0.25, -0.2) is 4.98 Å². The van der Waals surface area contributed by atoms with Crippen molar-refractivity contribution in [1.82, 2.24) is 14.5 Å². The van der Waals surface area contributed by atoms with E-state index in [9.17, 15) is 5.11 Å². The number of aliphatic hydroxyl groups is 1. The summed E-state index contributed by atoms with van der Waals surface area (Å²) >= 11 is 0. The van der Waals surface area contributed by atoms with Crippen LogP contribution in [0, 0.1) is 0 Å². The van der Waals surface area contributed by atoms with Gasteiger partial charge in [0, 0.05) is 25.5 Å². The Bertz CT molecular complexity index is 965. The highest BCUT2D eigenvalue weighted by atomic mass is 16.5. The molecule has 4 rings (SSSR count). The van der Waals surface area contributed by atoms with Crippen molar-refractivity contribution in [3.8, 4) is 17.2 Å². The molecule has 1 saturated heterocycles. The second-order valence-corrected chi connectivity index (χ2v) is 8.27. The van der Waals surface area contributed by atoms with E-state index >= 15 is 0 Å². The van der Waals surface area contributed by atoms with Crippen LogP contribution in [0.25, 0.3) is 0 Å². The van der Waals surface area contributed by atoms with Crippen LogP contribution in [-0.2, 0) is 13.1 Å². The molecule has 0 unspecified atom stereocenters. The standard InChI is InChI=1S/C25H31N3O4/c1-30-24-16-21(8-9-23(24)31-15-14-27-13-11-26-20-27)17-28-12-5-10-25(29,18-28)19-32-22-6-3-2-4-7-22/h2-4,6-9,11,13,16,20,29H,5,10,12,14-15,17-19H2,1H3/t25-/m0/s1. The van der Waals surface area contributed by atoms with Crippen LogP contribution < -0.4 is 14.2 Å². The van der Waals surface area contributed by atoms with Crippen LogP contribution >= 0.6 is 0 Å². The fourth-order valence-corrected chi connectivity index (χ4v) is 4.06. The summed E-state index contributed by atoms with van der Waals surface area (Å²) in [6, 6.07) is 15.7. The first kappa shape index (κ1) is 22.2. The maximum atomic E-state index is 11.1. The molecule has 0 aliphatic carbocycles. The van der Waals surface area contributed by atoms with Gasteiger partial charge >= 0.3 is 0 Å². The molecule has 0 amide bonds. The van der Waals surface area contributed by atoms with Crippen molar-refractivity contribution in [2.75, 3.05) is 33.4 Å². The maximum absolute atomic E-state index is 11.1. The molecule has 1 aromatic heterocycles. The van der Waals surface area contributed by atoms with Gasteiger partial charge < -0.3 is 23.9 Å². The van der Waals surface area contributed by atoms with Crippen LogP contribution in [0.15, 0.2) is 67.3 Å². The van der Waals surface area contributed by atoms with Crippen LogP contribution in [0.2, 0.25) is 0 Å². The van der Waals surface area contributed by atoms with Gasteiger partial charge in [-0.1, -0.05) is 24.3 Å². The third kappa shape index (κ3) is 6.02. The SMILES string of the molecule is COc1cc(CN2CCC[C@@](O)(COc3ccccc3)C2)ccc1OCCn1ccnc1. The zero-order valence-corrected chi connectivity index (χ0v) is 18.5. The van der Waals surface area contributed by atoms with Crippen LogP contribution in [0.4, 0.5) is 0 Å². The molecular weight excluding hydrogens is 406 g/mol. The first-order chi connectivity index (χ1) is 15.6. The Kier molecular flexibility index (Phi) is 7.29. The molecule has 1 aliphatic heterocycles. The Morgan fingerprint density at radius 2 is 1.97 bits per heavy atom. The fourth-order valence-electron chi connectivity index (χ4n) is 4.06. The Morgan fingerprint density at radius 3 is 2.75 bits per heavy atom. The van der Waals surface area contributed by atoms with Gasteiger partial charge in [0.2, 0.25) is 0 Å². The van der Waals surface area contributed by atoms with Crippen LogP contribution in [-0.4, -0.2) is 58.6 Å². The number of methoxy groups -OCH3 is 1. The first-order valence-electron chi connectivity index (χ1n) is 11.0. The lowest BCUT2D eigenvalue weighted by atomic mass is 9.93. The van der Waals surface area contributed by atoms with Crippen molar-refractivity contribution in [3.63, 3.8) is 0 Å². The molecule has 0 saturated carbocycles. The van der Waals surface area contributed by atoms with Gasteiger partial charge in [-0.2, -0.15) is 0 Å². The summed E-state index contributed by atoms with van der Waals surface area (Å²) in [5.41, 5.74) is 0.270. The molecule has 0 bridgehead atoms. The number of para-hydroxylation sites is 1. The maximum Gasteiger partial charge on any atom is 0.161 e. The number of likely N-dealkylation sites (tertiary alicyclic amines) is 1. The van der Waals surface area contributed by atoms with Crippen LogP contribution in [0.1, 0.15) is 18.4 Å². The molecule has 2 heterocycles. The van der Waals surface area contributed by atoms with E-state index in [0.717, 1.165) is 49.5 Å². The van der Waals surface area contributed by atoms with Gasteiger partial charge in [0.05, 0.1) is 20.0 Å². The quantitative estimate of drug-likeness (QED) is 0.525. The highest BCUT2D eigenvalue weighted by molar-refractivity contribution is 5.43. The van der Waals surface area contributed by atoms with Gasteiger partial charge in [-0.15, -0.1) is 0 Å². The molecule has 7 nitrogen and oxygen atoms in total. The summed E-state index contributed by atoms with van der Waals surface area (Å²) in [4.78, 5) is 6.31. The molecule has 170 valence electrons. The number of hydrogen-bond acceptors (Lipinski definition) is 6. The molecule has 1 atom stereocenters. The minimum atomic E-state index is -0.853. The Hall–Kier alpha value is -3.03. The number of imidazole rings is 1. The molecular formula is C25H31N3O4. The zero-order chi connectivity index (χ0) is 22.2.